The molecule has 1 saturated heterocycles. The van der Waals surface area contributed by atoms with Crippen molar-refractivity contribution in [2.24, 2.45) is 5.92 Å². The van der Waals surface area contributed by atoms with Gasteiger partial charge in [-0.05, 0) is 63.1 Å². The molecule has 1 heterocycles. The van der Waals surface area contributed by atoms with E-state index in [9.17, 15) is 4.79 Å². The van der Waals surface area contributed by atoms with Crippen LogP contribution in [-0.2, 0) is 11.3 Å². The Labute approximate surface area is 145 Å². The molecule has 0 atom stereocenters. The van der Waals surface area contributed by atoms with Crippen LogP contribution in [0.5, 0.6) is 5.75 Å². The topological polar surface area (TPSA) is 53.6 Å². The second kappa shape index (κ2) is 10.5. The van der Waals surface area contributed by atoms with Crippen molar-refractivity contribution >= 4 is 18.3 Å². The van der Waals surface area contributed by atoms with Crippen molar-refractivity contribution in [2.75, 3.05) is 40.3 Å². The largest absolute Gasteiger partial charge is 0.497 e. The molecule has 0 saturated carbocycles. The maximum Gasteiger partial charge on any atom is 0.234 e. The predicted octanol–water partition coefficient (Wildman–Crippen LogP) is 1.66. The molecule has 1 aromatic carbocycles. The zero-order valence-electron chi connectivity index (χ0n) is 14.0. The van der Waals surface area contributed by atoms with Crippen LogP contribution in [-0.4, -0.2) is 51.1 Å². The molecular formula is C17H28ClN3O2. The van der Waals surface area contributed by atoms with Crippen molar-refractivity contribution in [3.63, 3.8) is 0 Å². The molecule has 23 heavy (non-hydrogen) atoms. The van der Waals surface area contributed by atoms with Crippen LogP contribution in [0, 0.1) is 5.92 Å². The Morgan fingerprint density at radius 2 is 2.09 bits per heavy atom. The van der Waals surface area contributed by atoms with E-state index < -0.39 is 0 Å². The molecule has 0 spiro atoms. The molecule has 1 aliphatic heterocycles. The summed E-state index contributed by atoms with van der Waals surface area (Å²) in [5.74, 6) is 1.66. The van der Waals surface area contributed by atoms with E-state index in [4.69, 9.17) is 4.74 Å². The maximum absolute atomic E-state index is 12.0. The highest BCUT2D eigenvalue weighted by molar-refractivity contribution is 5.85. The van der Waals surface area contributed by atoms with Gasteiger partial charge in [-0.15, -0.1) is 12.4 Å². The molecule has 0 aliphatic carbocycles. The van der Waals surface area contributed by atoms with E-state index in [1.165, 1.54) is 12.8 Å². The number of methoxy groups -OCH3 is 1. The average Bonchev–Trinajstić information content (AvgIpc) is 2.55. The van der Waals surface area contributed by atoms with Crippen LogP contribution in [0.3, 0.4) is 0 Å². The number of piperidine rings is 1. The van der Waals surface area contributed by atoms with Gasteiger partial charge in [-0.1, -0.05) is 12.1 Å². The van der Waals surface area contributed by atoms with Crippen LogP contribution in [0.1, 0.15) is 18.4 Å². The van der Waals surface area contributed by atoms with Gasteiger partial charge < -0.3 is 15.4 Å². The summed E-state index contributed by atoms with van der Waals surface area (Å²) in [7, 11) is 3.65. The summed E-state index contributed by atoms with van der Waals surface area (Å²) >= 11 is 0. The Morgan fingerprint density at radius 1 is 1.35 bits per heavy atom. The standard InChI is InChI=1S/C17H27N3O2.ClH/c1-18-11-14-6-8-20(9-7-14)13-17(21)19-12-15-4-3-5-16(10-15)22-2;/h3-5,10,14,18H,6-9,11-13H2,1-2H3,(H,19,21);1H. The van der Waals surface area contributed by atoms with Crippen LogP contribution < -0.4 is 15.4 Å². The van der Waals surface area contributed by atoms with Crippen LogP contribution in [0.15, 0.2) is 24.3 Å². The number of likely N-dealkylation sites (tertiary alicyclic amines) is 1. The van der Waals surface area contributed by atoms with E-state index in [0.717, 1.165) is 36.9 Å². The Balaban J connectivity index is 0.00000264. The number of benzene rings is 1. The first-order valence-electron chi connectivity index (χ1n) is 7.98. The molecule has 6 heteroatoms. The Kier molecular flexibility index (Phi) is 8.99. The summed E-state index contributed by atoms with van der Waals surface area (Å²) in [5, 5.41) is 6.22. The third-order valence-corrected chi connectivity index (χ3v) is 4.19. The lowest BCUT2D eigenvalue weighted by Crippen LogP contribution is -2.42. The molecule has 1 amide bonds. The quantitative estimate of drug-likeness (QED) is 0.792. The minimum atomic E-state index is 0. The molecule has 0 unspecified atom stereocenters. The number of hydrogen-bond donors (Lipinski definition) is 2. The highest BCUT2D eigenvalue weighted by Crippen LogP contribution is 2.16. The minimum absolute atomic E-state index is 0. The third-order valence-electron chi connectivity index (χ3n) is 4.19. The Bertz CT molecular complexity index is 477. The van der Waals surface area contributed by atoms with E-state index in [0.29, 0.717) is 13.1 Å². The van der Waals surface area contributed by atoms with Crippen molar-refractivity contribution in [3.8, 4) is 5.75 Å². The van der Waals surface area contributed by atoms with Crippen molar-refractivity contribution in [1.82, 2.24) is 15.5 Å². The van der Waals surface area contributed by atoms with Gasteiger partial charge >= 0.3 is 0 Å². The first-order valence-corrected chi connectivity index (χ1v) is 7.98. The number of hydrogen-bond acceptors (Lipinski definition) is 4. The lowest BCUT2D eigenvalue weighted by Gasteiger charge is -2.31. The Morgan fingerprint density at radius 3 is 2.74 bits per heavy atom. The summed E-state index contributed by atoms with van der Waals surface area (Å²) in [4.78, 5) is 14.3. The summed E-state index contributed by atoms with van der Waals surface area (Å²) in [6.45, 7) is 4.15. The molecule has 1 fully saturated rings. The van der Waals surface area contributed by atoms with Crippen molar-refractivity contribution < 1.29 is 9.53 Å². The smallest absolute Gasteiger partial charge is 0.234 e. The van der Waals surface area contributed by atoms with E-state index in [-0.39, 0.29) is 18.3 Å². The van der Waals surface area contributed by atoms with Gasteiger partial charge in [0.05, 0.1) is 13.7 Å². The van der Waals surface area contributed by atoms with Gasteiger partial charge in [0.25, 0.3) is 0 Å². The molecular weight excluding hydrogens is 314 g/mol. The van der Waals surface area contributed by atoms with Gasteiger partial charge in [-0.2, -0.15) is 0 Å². The highest BCUT2D eigenvalue weighted by atomic mass is 35.5. The van der Waals surface area contributed by atoms with Crippen LogP contribution >= 0.6 is 12.4 Å². The van der Waals surface area contributed by atoms with E-state index in [1.807, 2.05) is 31.3 Å². The third kappa shape index (κ3) is 6.77. The fraction of sp³-hybridized carbons (Fsp3) is 0.588. The molecule has 0 radical (unpaired) electrons. The second-order valence-corrected chi connectivity index (χ2v) is 5.91. The zero-order valence-corrected chi connectivity index (χ0v) is 14.8. The first kappa shape index (κ1) is 19.7. The number of amides is 1. The average molecular weight is 342 g/mol. The van der Waals surface area contributed by atoms with Crippen molar-refractivity contribution in [3.05, 3.63) is 29.8 Å². The van der Waals surface area contributed by atoms with Gasteiger partial charge in [-0.25, -0.2) is 0 Å². The van der Waals surface area contributed by atoms with E-state index in [1.54, 1.807) is 7.11 Å². The molecule has 0 bridgehead atoms. The highest BCUT2D eigenvalue weighted by Gasteiger charge is 2.20. The first-order chi connectivity index (χ1) is 10.7. The molecule has 130 valence electrons. The van der Waals surface area contributed by atoms with Gasteiger partial charge in [0.1, 0.15) is 5.75 Å². The van der Waals surface area contributed by atoms with Crippen molar-refractivity contribution in [2.45, 2.75) is 19.4 Å². The molecule has 1 aromatic rings. The number of halogens is 1. The number of nitrogens with zero attached hydrogens (tertiary/aromatic N) is 1. The van der Waals surface area contributed by atoms with E-state index >= 15 is 0 Å². The number of carbonyl (C=O) groups excluding carboxylic acids is 1. The van der Waals surface area contributed by atoms with Gasteiger partial charge in [0.15, 0.2) is 0 Å². The summed E-state index contributed by atoms with van der Waals surface area (Å²) in [6.07, 6.45) is 2.34. The SMILES string of the molecule is CNCC1CCN(CC(=O)NCc2cccc(OC)c2)CC1.Cl. The summed E-state index contributed by atoms with van der Waals surface area (Å²) in [5.41, 5.74) is 1.06. The van der Waals surface area contributed by atoms with Crippen molar-refractivity contribution in [1.29, 1.82) is 0 Å². The summed E-state index contributed by atoms with van der Waals surface area (Å²) in [6, 6.07) is 7.78. The predicted molar refractivity (Wildman–Crippen MR) is 95.2 cm³/mol. The number of ether oxygens (including phenoxy) is 1. The number of rotatable bonds is 7. The monoisotopic (exact) mass is 341 g/mol. The van der Waals surface area contributed by atoms with Crippen LogP contribution in [0.2, 0.25) is 0 Å². The molecule has 0 aromatic heterocycles. The Hall–Kier alpha value is -1.30. The lowest BCUT2D eigenvalue weighted by molar-refractivity contribution is -0.122. The molecule has 1 aliphatic rings. The van der Waals surface area contributed by atoms with E-state index in [2.05, 4.69) is 15.5 Å². The number of carbonyl (C=O) groups is 1. The van der Waals surface area contributed by atoms with Gasteiger partial charge in [-0.3, -0.25) is 9.69 Å². The molecule has 2 rings (SSSR count). The van der Waals surface area contributed by atoms with Gasteiger partial charge in [0.2, 0.25) is 5.91 Å². The summed E-state index contributed by atoms with van der Waals surface area (Å²) < 4.78 is 5.19. The minimum Gasteiger partial charge on any atom is -0.497 e. The molecule has 5 nitrogen and oxygen atoms in total. The molecule has 2 N–H and O–H groups in total. The lowest BCUT2D eigenvalue weighted by atomic mass is 9.97. The zero-order chi connectivity index (χ0) is 15.8. The second-order valence-electron chi connectivity index (χ2n) is 5.91. The van der Waals surface area contributed by atoms with Gasteiger partial charge in [0, 0.05) is 6.54 Å². The van der Waals surface area contributed by atoms with Crippen LogP contribution in [0.25, 0.3) is 0 Å². The fourth-order valence-corrected chi connectivity index (χ4v) is 2.88. The normalized spacial score (nSPS) is 15.7. The maximum atomic E-state index is 12.0. The fourth-order valence-electron chi connectivity index (χ4n) is 2.88. The number of nitrogens with one attached hydrogen (secondary N) is 2. The van der Waals surface area contributed by atoms with Crippen LogP contribution in [0.4, 0.5) is 0 Å².